The van der Waals surface area contributed by atoms with Crippen LogP contribution in [0.5, 0.6) is 5.75 Å². The summed E-state index contributed by atoms with van der Waals surface area (Å²) in [4.78, 5) is 0. The average molecular weight is 308 g/mol. The highest BCUT2D eigenvalue weighted by Gasteiger charge is 2.35. The highest BCUT2D eigenvalue weighted by Crippen LogP contribution is 2.46. The molecule has 0 radical (unpaired) electrons. The van der Waals surface area contributed by atoms with Crippen LogP contribution in [-0.2, 0) is 0 Å². The third-order valence-electron chi connectivity index (χ3n) is 5.65. The molecule has 0 amide bonds. The molecule has 2 nitrogen and oxygen atoms in total. The molecule has 0 bridgehead atoms. The second kappa shape index (κ2) is 6.58. The lowest BCUT2D eigenvalue weighted by atomic mass is 9.65. The number of hydrogen-bond donors (Lipinski definition) is 1. The van der Waals surface area contributed by atoms with Crippen LogP contribution in [0, 0.1) is 17.8 Å². The summed E-state index contributed by atoms with van der Waals surface area (Å²) in [5.74, 6) is 3.25. The molecule has 3 rings (SSSR count). The predicted molar refractivity (Wildman–Crippen MR) is 87.7 cm³/mol. The molecule has 0 heterocycles. The number of fused-ring (bicyclic) bond motifs is 1. The van der Waals surface area contributed by atoms with Crippen molar-refractivity contribution < 1.29 is 4.74 Å². The summed E-state index contributed by atoms with van der Waals surface area (Å²) < 4.78 is 5.22. The number of halogens is 1. The van der Waals surface area contributed by atoms with Gasteiger partial charge in [-0.3, -0.25) is 0 Å². The first-order valence-corrected chi connectivity index (χ1v) is 8.66. The minimum Gasteiger partial charge on any atom is -0.497 e. The molecule has 4 atom stereocenters. The molecule has 0 spiro atoms. The Labute approximate surface area is 133 Å². The number of benzene rings is 1. The maximum Gasteiger partial charge on any atom is 0.120 e. The molecule has 0 aromatic heterocycles. The highest BCUT2D eigenvalue weighted by atomic mass is 35.5. The largest absolute Gasteiger partial charge is 0.497 e. The van der Waals surface area contributed by atoms with E-state index in [4.69, 9.17) is 22.1 Å². The zero-order valence-electron chi connectivity index (χ0n) is 12.9. The van der Waals surface area contributed by atoms with Crippen LogP contribution < -0.4 is 10.5 Å². The standard InChI is InChI=1S/C18H26ClNO/c1-21-15-8-9-16(17(19)11-15)18(20)14-7-6-12-4-2-3-5-13(12)10-14/h8-9,11-14,18H,2-7,10,20H2,1H3. The van der Waals surface area contributed by atoms with Gasteiger partial charge in [-0.15, -0.1) is 0 Å². The maximum atomic E-state index is 6.56. The molecule has 0 aliphatic heterocycles. The summed E-state index contributed by atoms with van der Waals surface area (Å²) in [5, 5.41) is 0.743. The van der Waals surface area contributed by atoms with Crippen molar-refractivity contribution in [2.75, 3.05) is 7.11 Å². The highest BCUT2D eigenvalue weighted by molar-refractivity contribution is 6.31. The smallest absolute Gasteiger partial charge is 0.120 e. The van der Waals surface area contributed by atoms with Gasteiger partial charge in [0.05, 0.1) is 7.11 Å². The Balaban J connectivity index is 1.71. The van der Waals surface area contributed by atoms with E-state index >= 15 is 0 Å². The van der Waals surface area contributed by atoms with Crippen LogP contribution in [-0.4, -0.2) is 7.11 Å². The van der Waals surface area contributed by atoms with Gasteiger partial charge in [0, 0.05) is 11.1 Å². The second-order valence-corrected chi connectivity index (χ2v) is 7.20. The van der Waals surface area contributed by atoms with Crippen LogP contribution >= 0.6 is 11.6 Å². The number of rotatable bonds is 3. The summed E-state index contributed by atoms with van der Waals surface area (Å²) in [5.41, 5.74) is 7.64. The number of hydrogen-bond acceptors (Lipinski definition) is 2. The van der Waals surface area contributed by atoms with Gasteiger partial charge in [0.15, 0.2) is 0 Å². The first kappa shape index (κ1) is 15.2. The third kappa shape index (κ3) is 3.22. The van der Waals surface area contributed by atoms with Gasteiger partial charge < -0.3 is 10.5 Å². The quantitative estimate of drug-likeness (QED) is 0.857. The normalized spacial score (nSPS) is 30.5. The molecular weight excluding hydrogens is 282 g/mol. The lowest BCUT2D eigenvalue weighted by Crippen LogP contribution is -2.33. The minimum atomic E-state index is 0.0614. The average Bonchev–Trinajstić information content (AvgIpc) is 2.53. The van der Waals surface area contributed by atoms with Crippen LogP contribution in [0.25, 0.3) is 0 Å². The molecule has 4 unspecified atom stereocenters. The first-order valence-electron chi connectivity index (χ1n) is 8.28. The number of methoxy groups -OCH3 is 1. The fraction of sp³-hybridized carbons (Fsp3) is 0.667. The lowest BCUT2D eigenvalue weighted by Gasteiger charge is -2.41. The molecule has 2 saturated carbocycles. The van der Waals surface area contributed by atoms with Gasteiger partial charge in [0.1, 0.15) is 5.75 Å². The SMILES string of the molecule is COc1ccc(C(N)C2CCC3CCCCC3C2)c(Cl)c1. The monoisotopic (exact) mass is 307 g/mol. The van der Waals surface area contributed by atoms with Crippen molar-refractivity contribution in [1.29, 1.82) is 0 Å². The number of nitrogens with two attached hydrogens (primary N) is 1. The van der Waals surface area contributed by atoms with Gasteiger partial charge in [0.2, 0.25) is 0 Å². The van der Waals surface area contributed by atoms with E-state index in [1.165, 1.54) is 44.9 Å². The molecule has 2 fully saturated rings. The molecule has 2 aliphatic rings. The molecule has 1 aromatic rings. The first-order chi connectivity index (χ1) is 10.2. The van der Waals surface area contributed by atoms with E-state index in [1.54, 1.807) is 7.11 Å². The summed E-state index contributed by atoms with van der Waals surface area (Å²) in [6, 6.07) is 5.95. The molecular formula is C18H26ClNO. The van der Waals surface area contributed by atoms with Gasteiger partial charge >= 0.3 is 0 Å². The topological polar surface area (TPSA) is 35.2 Å². The van der Waals surface area contributed by atoms with Crippen molar-refractivity contribution in [3.8, 4) is 5.75 Å². The van der Waals surface area contributed by atoms with Crippen LogP contribution in [0.1, 0.15) is 56.6 Å². The Kier molecular flexibility index (Phi) is 4.75. The van der Waals surface area contributed by atoms with E-state index in [0.717, 1.165) is 28.2 Å². The zero-order chi connectivity index (χ0) is 14.8. The summed E-state index contributed by atoms with van der Waals surface area (Å²) in [6.07, 6.45) is 9.59. The van der Waals surface area contributed by atoms with Crippen molar-refractivity contribution in [2.24, 2.45) is 23.5 Å². The lowest BCUT2D eigenvalue weighted by molar-refractivity contribution is 0.117. The van der Waals surface area contributed by atoms with E-state index in [0.29, 0.717) is 5.92 Å². The Morgan fingerprint density at radius 1 is 1.14 bits per heavy atom. The van der Waals surface area contributed by atoms with Crippen LogP contribution in [0.4, 0.5) is 0 Å². The van der Waals surface area contributed by atoms with E-state index in [9.17, 15) is 0 Å². The van der Waals surface area contributed by atoms with Gasteiger partial charge in [-0.2, -0.15) is 0 Å². The van der Waals surface area contributed by atoms with Gasteiger partial charge in [-0.25, -0.2) is 0 Å². The minimum absolute atomic E-state index is 0.0614. The Hall–Kier alpha value is -0.730. The van der Waals surface area contributed by atoms with Crippen LogP contribution in [0.3, 0.4) is 0 Å². The molecule has 1 aromatic carbocycles. The summed E-state index contributed by atoms with van der Waals surface area (Å²) >= 11 is 6.40. The Morgan fingerprint density at radius 2 is 1.90 bits per heavy atom. The van der Waals surface area contributed by atoms with Crippen LogP contribution in [0.15, 0.2) is 18.2 Å². The van der Waals surface area contributed by atoms with E-state index in [2.05, 4.69) is 0 Å². The zero-order valence-corrected chi connectivity index (χ0v) is 13.6. The van der Waals surface area contributed by atoms with Crippen molar-refractivity contribution in [2.45, 2.75) is 51.0 Å². The number of ether oxygens (including phenoxy) is 1. The van der Waals surface area contributed by atoms with E-state index < -0.39 is 0 Å². The van der Waals surface area contributed by atoms with Gasteiger partial charge in [-0.1, -0.05) is 43.4 Å². The van der Waals surface area contributed by atoms with Crippen molar-refractivity contribution in [1.82, 2.24) is 0 Å². The second-order valence-electron chi connectivity index (χ2n) is 6.79. The maximum absolute atomic E-state index is 6.56. The Bertz CT molecular complexity index is 490. The van der Waals surface area contributed by atoms with Crippen molar-refractivity contribution in [3.63, 3.8) is 0 Å². The molecule has 116 valence electrons. The molecule has 2 N–H and O–H groups in total. The van der Waals surface area contributed by atoms with E-state index in [-0.39, 0.29) is 6.04 Å². The molecule has 2 aliphatic carbocycles. The molecule has 21 heavy (non-hydrogen) atoms. The predicted octanol–water partition coefficient (Wildman–Crippen LogP) is 4.95. The molecule has 0 saturated heterocycles. The van der Waals surface area contributed by atoms with Crippen molar-refractivity contribution >= 4 is 11.6 Å². The summed E-state index contributed by atoms with van der Waals surface area (Å²) in [6.45, 7) is 0. The Morgan fingerprint density at radius 3 is 2.62 bits per heavy atom. The van der Waals surface area contributed by atoms with Crippen molar-refractivity contribution in [3.05, 3.63) is 28.8 Å². The van der Waals surface area contributed by atoms with Gasteiger partial charge in [-0.05, 0) is 54.7 Å². The van der Waals surface area contributed by atoms with Gasteiger partial charge in [0.25, 0.3) is 0 Å². The summed E-state index contributed by atoms with van der Waals surface area (Å²) in [7, 11) is 1.66. The fourth-order valence-electron chi connectivity index (χ4n) is 4.39. The van der Waals surface area contributed by atoms with Crippen LogP contribution in [0.2, 0.25) is 5.02 Å². The third-order valence-corrected chi connectivity index (χ3v) is 5.98. The fourth-order valence-corrected chi connectivity index (χ4v) is 4.69. The van der Waals surface area contributed by atoms with E-state index in [1.807, 2.05) is 18.2 Å². The molecule has 3 heteroatoms.